The Labute approximate surface area is 154 Å². The molecule has 0 unspecified atom stereocenters. The summed E-state index contributed by atoms with van der Waals surface area (Å²) in [6.45, 7) is 3.24. The van der Waals surface area contributed by atoms with E-state index in [1.54, 1.807) is 0 Å². The summed E-state index contributed by atoms with van der Waals surface area (Å²) in [6, 6.07) is 9.81. The van der Waals surface area contributed by atoms with E-state index >= 15 is 0 Å². The van der Waals surface area contributed by atoms with E-state index in [4.69, 9.17) is 16.3 Å². The minimum Gasteiger partial charge on any atom is -0.492 e. The lowest BCUT2D eigenvalue weighted by Crippen LogP contribution is -2.04. The molecule has 2 rings (SSSR count). The first-order chi connectivity index (χ1) is 10.0. The highest BCUT2D eigenvalue weighted by Crippen LogP contribution is 2.34. The highest BCUT2D eigenvalue weighted by Gasteiger charge is 2.10. The average Bonchev–Trinajstić information content (AvgIpc) is 2.43. The van der Waals surface area contributed by atoms with Gasteiger partial charge in [0.15, 0.2) is 0 Å². The largest absolute Gasteiger partial charge is 0.492 e. The van der Waals surface area contributed by atoms with Crippen LogP contribution in [-0.2, 0) is 6.54 Å². The van der Waals surface area contributed by atoms with Gasteiger partial charge in [0.25, 0.3) is 0 Å². The van der Waals surface area contributed by atoms with Crippen molar-refractivity contribution < 1.29 is 4.74 Å². The van der Waals surface area contributed by atoms with Crippen LogP contribution in [0.4, 0.5) is 5.69 Å². The van der Waals surface area contributed by atoms with Crippen LogP contribution < -0.4 is 10.1 Å². The van der Waals surface area contributed by atoms with E-state index in [0.717, 1.165) is 30.4 Å². The molecule has 21 heavy (non-hydrogen) atoms. The molecule has 2 nitrogen and oxygen atoms in total. The number of hydrogen-bond acceptors (Lipinski definition) is 2. The second kappa shape index (κ2) is 7.86. The zero-order chi connectivity index (χ0) is 15.4. The molecule has 0 aliphatic rings. The minimum atomic E-state index is 0.622. The third-order valence-electron chi connectivity index (χ3n) is 2.78. The number of nitrogens with one attached hydrogen (secondary N) is 1. The van der Waals surface area contributed by atoms with Gasteiger partial charge >= 0.3 is 0 Å². The van der Waals surface area contributed by atoms with E-state index in [9.17, 15) is 0 Å². The number of benzene rings is 2. The smallest absolute Gasteiger partial charge is 0.138 e. The molecule has 0 amide bonds. The summed E-state index contributed by atoms with van der Waals surface area (Å²) >= 11 is 16.5. The van der Waals surface area contributed by atoms with E-state index in [2.05, 4.69) is 53.1 Å². The number of anilines is 1. The topological polar surface area (TPSA) is 21.3 Å². The van der Waals surface area contributed by atoms with E-state index in [-0.39, 0.29) is 0 Å². The van der Waals surface area contributed by atoms with Crippen LogP contribution in [-0.4, -0.2) is 6.61 Å². The first-order valence-corrected chi connectivity index (χ1v) is 9.06. The van der Waals surface area contributed by atoms with Crippen LogP contribution in [0, 0.1) is 0 Å². The number of ether oxygens (including phenoxy) is 1. The monoisotopic (exact) mass is 495 g/mol. The van der Waals surface area contributed by atoms with Gasteiger partial charge in [0.2, 0.25) is 0 Å². The Balaban J connectivity index is 2.20. The maximum Gasteiger partial charge on any atom is 0.138 e. The Morgan fingerprint density at radius 1 is 1.10 bits per heavy atom. The van der Waals surface area contributed by atoms with Gasteiger partial charge in [-0.3, -0.25) is 0 Å². The van der Waals surface area contributed by atoms with Crippen LogP contribution in [0.1, 0.15) is 12.5 Å². The van der Waals surface area contributed by atoms with Crippen molar-refractivity contribution in [1.29, 1.82) is 0 Å². The molecule has 0 aromatic heterocycles. The second-order valence-corrected chi connectivity index (χ2v) is 7.32. The van der Waals surface area contributed by atoms with Crippen molar-refractivity contribution in [1.82, 2.24) is 0 Å². The molecule has 0 saturated heterocycles. The molecule has 2 aromatic carbocycles. The van der Waals surface area contributed by atoms with Crippen molar-refractivity contribution in [3.05, 3.63) is 54.3 Å². The van der Waals surface area contributed by atoms with Crippen LogP contribution in [0.3, 0.4) is 0 Å². The first-order valence-electron chi connectivity index (χ1n) is 6.31. The summed E-state index contributed by atoms with van der Waals surface area (Å²) in [7, 11) is 0. The van der Waals surface area contributed by atoms with Crippen molar-refractivity contribution in [3.63, 3.8) is 0 Å². The molecule has 0 aliphatic heterocycles. The summed E-state index contributed by atoms with van der Waals surface area (Å²) in [5.41, 5.74) is 2.03. The van der Waals surface area contributed by atoms with Crippen LogP contribution in [0.2, 0.25) is 5.02 Å². The molecule has 2 aromatic rings. The van der Waals surface area contributed by atoms with E-state index in [1.807, 2.05) is 37.3 Å². The Hall–Kier alpha value is -0.230. The van der Waals surface area contributed by atoms with E-state index in [1.165, 1.54) is 0 Å². The van der Waals surface area contributed by atoms with Gasteiger partial charge in [-0.05, 0) is 69.1 Å². The molecule has 112 valence electrons. The van der Waals surface area contributed by atoms with Crippen molar-refractivity contribution in [3.8, 4) is 5.75 Å². The van der Waals surface area contributed by atoms with Crippen LogP contribution in [0.5, 0.6) is 5.75 Å². The number of halogens is 4. The second-order valence-electron chi connectivity index (χ2n) is 4.29. The third-order valence-corrected chi connectivity index (χ3v) is 5.06. The molecule has 0 spiro atoms. The van der Waals surface area contributed by atoms with Gasteiger partial charge in [-0.2, -0.15) is 0 Å². The predicted octanol–water partition coefficient (Wildman–Crippen LogP) is 6.64. The van der Waals surface area contributed by atoms with Crippen LogP contribution in [0.15, 0.2) is 43.7 Å². The van der Waals surface area contributed by atoms with Gasteiger partial charge in [0.05, 0.1) is 16.1 Å². The Morgan fingerprint density at radius 3 is 2.52 bits per heavy atom. The Bertz CT molecular complexity index is 649. The van der Waals surface area contributed by atoms with E-state index < -0.39 is 0 Å². The van der Waals surface area contributed by atoms with Gasteiger partial charge in [-0.25, -0.2) is 0 Å². The SMILES string of the molecule is CCOc1c(Br)cc(Br)cc1CNc1ccc(Br)c(Cl)c1. The van der Waals surface area contributed by atoms with Crippen molar-refractivity contribution in [2.45, 2.75) is 13.5 Å². The molecule has 1 N–H and O–H groups in total. The van der Waals surface area contributed by atoms with Crippen LogP contribution in [0.25, 0.3) is 0 Å². The van der Waals surface area contributed by atoms with Crippen molar-refractivity contribution >= 4 is 65.1 Å². The first kappa shape index (κ1) is 17.1. The Kier molecular flexibility index (Phi) is 6.41. The standard InChI is InChI=1S/C15H13Br3ClNO/c1-2-21-15-9(5-10(16)6-13(15)18)8-20-11-3-4-12(17)14(19)7-11/h3-7,20H,2,8H2,1H3. The lowest BCUT2D eigenvalue weighted by molar-refractivity contribution is 0.334. The third kappa shape index (κ3) is 4.62. The van der Waals surface area contributed by atoms with Gasteiger partial charge in [-0.1, -0.05) is 27.5 Å². The normalized spacial score (nSPS) is 10.5. The Morgan fingerprint density at radius 2 is 1.86 bits per heavy atom. The lowest BCUT2D eigenvalue weighted by Gasteiger charge is -2.14. The molecule has 0 bridgehead atoms. The summed E-state index contributed by atoms with van der Waals surface area (Å²) in [4.78, 5) is 0. The predicted molar refractivity (Wildman–Crippen MR) is 99.5 cm³/mol. The minimum absolute atomic E-state index is 0.622. The van der Waals surface area contributed by atoms with Gasteiger partial charge < -0.3 is 10.1 Å². The summed E-state index contributed by atoms with van der Waals surface area (Å²) in [5, 5.41) is 4.04. The van der Waals surface area contributed by atoms with E-state index in [0.29, 0.717) is 18.2 Å². The quantitative estimate of drug-likeness (QED) is 0.499. The van der Waals surface area contributed by atoms with Crippen molar-refractivity contribution in [2.24, 2.45) is 0 Å². The molecule has 0 aliphatic carbocycles. The molecular weight excluding hydrogens is 485 g/mol. The fraction of sp³-hybridized carbons (Fsp3) is 0.200. The molecule has 0 saturated carbocycles. The summed E-state index contributed by atoms with van der Waals surface area (Å²) in [5.74, 6) is 0.858. The zero-order valence-electron chi connectivity index (χ0n) is 11.2. The maximum absolute atomic E-state index is 6.10. The van der Waals surface area contributed by atoms with Crippen molar-refractivity contribution in [2.75, 3.05) is 11.9 Å². The lowest BCUT2D eigenvalue weighted by atomic mass is 10.2. The average molecular weight is 498 g/mol. The fourth-order valence-electron chi connectivity index (χ4n) is 1.85. The zero-order valence-corrected chi connectivity index (χ0v) is 16.7. The highest BCUT2D eigenvalue weighted by molar-refractivity contribution is 9.11. The molecular formula is C15H13Br3ClNO. The summed E-state index contributed by atoms with van der Waals surface area (Å²) in [6.07, 6.45) is 0. The fourth-order valence-corrected chi connectivity index (χ4v) is 3.71. The van der Waals surface area contributed by atoms with Gasteiger partial charge in [0, 0.05) is 26.7 Å². The maximum atomic E-state index is 6.10. The molecule has 0 fully saturated rings. The molecule has 6 heteroatoms. The summed E-state index contributed by atoms with van der Waals surface area (Å²) < 4.78 is 8.53. The number of hydrogen-bond donors (Lipinski definition) is 1. The van der Waals surface area contributed by atoms with Gasteiger partial charge in [0.1, 0.15) is 5.75 Å². The number of rotatable bonds is 5. The molecule has 0 radical (unpaired) electrons. The molecule has 0 atom stereocenters. The molecule has 0 heterocycles. The van der Waals surface area contributed by atoms with Crippen LogP contribution >= 0.6 is 59.4 Å². The highest BCUT2D eigenvalue weighted by atomic mass is 79.9. The van der Waals surface area contributed by atoms with Gasteiger partial charge in [-0.15, -0.1) is 0 Å².